The molecule has 1 atom stereocenters. The van der Waals surface area contributed by atoms with Gasteiger partial charge in [0.2, 0.25) is 5.91 Å². The van der Waals surface area contributed by atoms with Crippen molar-refractivity contribution in [3.63, 3.8) is 0 Å². The molecule has 0 radical (unpaired) electrons. The fourth-order valence-corrected chi connectivity index (χ4v) is 1.59. The van der Waals surface area contributed by atoms with Gasteiger partial charge < -0.3 is 11.1 Å². The maximum Gasteiger partial charge on any atom is 0.286 e. The molecule has 9 heteroatoms. The highest BCUT2D eigenvalue weighted by atomic mass is 16.6. The number of pyridine rings is 1. The lowest BCUT2D eigenvalue weighted by molar-refractivity contribution is -0.385. The number of nitrogens with one attached hydrogen (secondary N) is 1. The van der Waals surface area contributed by atoms with Gasteiger partial charge in [0.15, 0.2) is 0 Å². The van der Waals surface area contributed by atoms with E-state index in [1.54, 1.807) is 6.92 Å². The first-order valence-corrected chi connectivity index (χ1v) is 6.24. The highest BCUT2D eigenvalue weighted by Crippen LogP contribution is 2.10. The van der Waals surface area contributed by atoms with Crippen LogP contribution in [0.25, 0.3) is 0 Å². The number of nitrogens with two attached hydrogens (primary N) is 1. The van der Waals surface area contributed by atoms with Crippen LogP contribution in [-0.2, 0) is 11.3 Å². The van der Waals surface area contributed by atoms with E-state index in [0.29, 0.717) is 6.42 Å². The van der Waals surface area contributed by atoms with E-state index >= 15 is 0 Å². The van der Waals surface area contributed by atoms with E-state index in [1.807, 2.05) is 6.92 Å². The molecular weight excluding hydrogens is 280 g/mol. The Morgan fingerprint density at radius 2 is 2.14 bits per heavy atom. The number of aromatic nitrogens is 1. The van der Waals surface area contributed by atoms with Crippen LogP contribution in [0.3, 0.4) is 0 Å². The predicted molar refractivity (Wildman–Crippen MR) is 73.8 cm³/mol. The topological polar surface area (TPSA) is 137 Å². The SMILES string of the molecule is CCC(C)NC(=O)Cn1cc([N+](=O)[O-])cc(C(N)=O)c1=O. The van der Waals surface area contributed by atoms with Gasteiger partial charge in [-0.2, -0.15) is 0 Å². The van der Waals surface area contributed by atoms with E-state index in [0.717, 1.165) is 16.8 Å². The predicted octanol–water partition coefficient (Wildman–Crippen LogP) is -0.230. The minimum absolute atomic E-state index is 0.0949. The number of hydrogen-bond donors (Lipinski definition) is 2. The summed E-state index contributed by atoms with van der Waals surface area (Å²) in [4.78, 5) is 44.8. The first-order valence-electron chi connectivity index (χ1n) is 6.24. The Kier molecular flexibility index (Phi) is 5.17. The highest BCUT2D eigenvalue weighted by molar-refractivity contribution is 5.93. The average Bonchev–Trinajstić information content (AvgIpc) is 2.40. The normalized spacial score (nSPS) is 11.7. The van der Waals surface area contributed by atoms with Crippen LogP contribution in [0.15, 0.2) is 17.1 Å². The van der Waals surface area contributed by atoms with Crippen molar-refractivity contribution in [3.8, 4) is 0 Å². The van der Waals surface area contributed by atoms with Crippen LogP contribution in [0.5, 0.6) is 0 Å². The van der Waals surface area contributed by atoms with E-state index < -0.39 is 40.1 Å². The summed E-state index contributed by atoms with van der Waals surface area (Å²) in [5, 5.41) is 13.4. The molecule has 0 aliphatic heterocycles. The molecule has 1 unspecified atom stereocenters. The third-order valence-electron chi connectivity index (χ3n) is 2.88. The van der Waals surface area contributed by atoms with Crippen molar-refractivity contribution in [1.29, 1.82) is 0 Å². The third-order valence-corrected chi connectivity index (χ3v) is 2.88. The Morgan fingerprint density at radius 3 is 2.62 bits per heavy atom. The van der Waals surface area contributed by atoms with Crippen LogP contribution in [0, 0.1) is 10.1 Å². The zero-order valence-electron chi connectivity index (χ0n) is 11.7. The number of nitro groups is 1. The second-order valence-corrected chi connectivity index (χ2v) is 4.54. The summed E-state index contributed by atoms with van der Waals surface area (Å²) in [5.41, 5.74) is 3.16. The molecule has 1 aromatic heterocycles. The summed E-state index contributed by atoms with van der Waals surface area (Å²) < 4.78 is 0.802. The number of carbonyl (C=O) groups is 2. The quantitative estimate of drug-likeness (QED) is 0.551. The molecule has 1 rings (SSSR count). The highest BCUT2D eigenvalue weighted by Gasteiger charge is 2.18. The smallest absolute Gasteiger partial charge is 0.286 e. The fraction of sp³-hybridized carbons (Fsp3) is 0.417. The summed E-state index contributed by atoms with van der Waals surface area (Å²) >= 11 is 0. The number of rotatable bonds is 6. The van der Waals surface area contributed by atoms with Crippen LogP contribution in [0.4, 0.5) is 5.69 Å². The van der Waals surface area contributed by atoms with Crippen molar-refractivity contribution >= 4 is 17.5 Å². The molecule has 1 aromatic rings. The molecule has 0 aromatic carbocycles. The first kappa shape index (κ1) is 16.3. The Hall–Kier alpha value is -2.71. The summed E-state index contributed by atoms with van der Waals surface area (Å²) in [6.07, 6.45) is 1.60. The Labute approximate surface area is 119 Å². The van der Waals surface area contributed by atoms with Crippen molar-refractivity contribution in [2.75, 3.05) is 0 Å². The monoisotopic (exact) mass is 296 g/mol. The van der Waals surface area contributed by atoms with Crippen molar-refractivity contribution < 1.29 is 14.5 Å². The van der Waals surface area contributed by atoms with Crippen LogP contribution >= 0.6 is 0 Å². The molecule has 0 aliphatic carbocycles. The van der Waals surface area contributed by atoms with Gasteiger partial charge in [-0.3, -0.25) is 29.1 Å². The molecule has 0 bridgehead atoms. The van der Waals surface area contributed by atoms with Gasteiger partial charge >= 0.3 is 0 Å². The molecule has 0 saturated carbocycles. The van der Waals surface area contributed by atoms with Gasteiger partial charge in [0.25, 0.3) is 17.2 Å². The third kappa shape index (κ3) is 4.13. The number of primary amides is 1. The maximum atomic E-state index is 11.9. The lowest BCUT2D eigenvalue weighted by Gasteiger charge is -2.12. The van der Waals surface area contributed by atoms with Crippen LogP contribution in [0.2, 0.25) is 0 Å². The Morgan fingerprint density at radius 1 is 1.52 bits per heavy atom. The largest absolute Gasteiger partial charge is 0.365 e. The summed E-state index contributed by atoms with van der Waals surface area (Å²) in [7, 11) is 0. The van der Waals surface area contributed by atoms with Crippen LogP contribution in [0.1, 0.15) is 30.6 Å². The molecule has 0 spiro atoms. The molecule has 1 heterocycles. The summed E-state index contributed by atoms with van der Waals surface area (Å²) in [6, 6.07) is 0.704. The lowest BCUT2D eigenvalue weighted by atomic mass is 10.2. The minimum Gasteiger partial charge on any atom is -0.365 e. The van der Waals surface area contributed by atoms with Crippen LogP contribution < -0.4 is 16.6 Å². The molecule has 0 saturated heterocycles. The number of hydrogen-bond acceptors (Lipinski definition) is 5. The molecule has 3 N–H and O–H groups in total. The number of nitrogens with zero attached hydrogens (tertiary/aromatic N) is 2. The van der Waals surface area contributed by atoms with E-state index in [9.17, 15) is 24.5 Å². The average molecular weight is 296 g/mol. The summed E-state index contributed by atoms with van der Waals surface area (Å²) in [6.45, 7) is 3.23. The molecule has 9 nitrogen and oxygen atoms in total. The van der Waals surface area contributed by atoms with Gasteiger partial charge in [0.05, 0.1) is 11.1 Å². The van der Waals surface area contributed by atoms with E-state index in [4.69, 9.17) is 5.73 Å². The second-order valence-electron chi connectivity index (χ2n) is 4.54. The Bertz CT molecular complexity index is 637. The van der Waals surface area contributed by atoms with Crippen LogP contribution in [-0.4, -0.2) is 27.3 Å². The maximum absolute atomic E-state index is 11.9. The molecular formula is C12H16N4O5. The Balaban J connectivity index is 3.17. The fourth-order valence-electron chi connectivity index (χ4n) is 1.59. The molecule has 21 heavy (non-hydrogen) atoms. The van der Waals surface area contributed by atoms with Gasteiger partial charge in [-0.15, -0.1) is 0 Å². The van der Waals surface area contributed by atoms with Gasteiger partial charge in [-0.25, -0.2) is 0 Å². The standard InChI is InChI=1S/C12H16N4O5/c1-3-7(2)14-10(17)6-15-5-8(16(20)21)4-9(11(13)18)12(15)19/h4-5,7H,3,6H2,1-2H3,(H2,13,18)(H,14,17). The lowest BCUT2D eigenvalue weighted by Crippen LogP contribution is -2.38. The van der Waals surface area contributed by atoms with Crippen molar-refractivity contribution in [2.24, 2.45) is 5.73 Å². The van der Waals surface area contributed by atoms with Gasteiger partial charge in [-0.05, 0) is 13.3 Å². The van der Waals surface area contributed by atoms with E-state index in [-0.39, 0.29) is 6.04 Å². The number of carbonyl (C=O) groups excluding carboxylic acids is 2. The van der Waals surface area contributed by atoms with Gasteiger partial charge in [0, 0.05) is 12.1 Å². The summed E-state index contributed by atoms with van der Waals surface area (Å²) in [5.74, 6) is -1.57. The molecule has 0 fully saturated rings. The second kappa shape index (κ2) is 6.64. The molecule has 0 aliphatic rings. The zero-order valence-corrected chi connectivity index (χ0v) is 11.7. The minimum atomic E-state index is -1.08. The van der Waals surface area contributed by atoms with Crippen molar-refractivity contribution in [1.82, 2.24) is 9.88 Å². The molecule has 2 amide bonds. The first-order chi connectivity index (χ1) is 9.76. The zero-order chi connectivity index (χ0) is 16.2. The van der Waals surface area contributed by atoms with E-state index in [2.05, 4.69) is 5.32 Å². The molecule has 114 valence electrons. The number of amides is 2. The van der Waals surface area contributed by atoms with E-state index in [1.165, 1.54) is 0 Å². The van der Waals surface area contributed by atoms with Gasteiger partial charge in [0.1, 0.15) is 12.1 Å². The van der Waals surface area contributed by atoms with Crippen molar-refractivity contribution in [3.05, 3.63) is 38.3 Å². The van der Waals surface area contributed by atoms with Gasteiger partial charge in [-0.1, -0.05) is 6.92 Å². The van der Waals surface area contributed by atoms with Crippen molar-refractivity contribution in [2.45, 2.75) is 32.9 Å².